The number of phenols is 1. The predicted molar refractivity (Wildman–Crippen MR) is 115 cm³/mol. The molecule has 0 spiro atoms. The molecule has 4 aromatic carbocycles. The van der Waals surface area contributed by atoms with Crippen molar-refractivity contribution in [3.8, 4) is 16.9 Å². The zero-order chi connectivity index (χ0) is 19.3. The van der Waals surface area contributed by atoms with Crippen molar-refractivity contribution in [1.29, 1.82) is 0 Å². The Hall–Kier alpha value is -3.32. The number of benzene rings is 4. The molecule has 0 saturated heterocycles. The van der Waals surface area contributed by atoms with Gasteiger partial charge in [0.05, 0.1) is 5.41 Å². The molecule has 0 aliphatic heterocycles. The lowest BCUT2D eigenvalue weighted by Gasteiger charge is -2.34. The summed E-state index contributed by atoms with van der Waals surface area (Å²) in [5.74, 6) is 0.291. The van der Waals surface area contributed by atoms with Crippen molar-refractivity contribution in [2.24, 2.45) is 0 Å². The van der Waals surface area contributed by atoms with Crippen LogP contribution in [-0.2, 0) is 5.41 Å². The van der Waals surface area contributed by atoms with E-state index in [0.717, 1.165) is 0 Å². The standard InChI is InChI=1S/C27H22O/c1-18-8-14-23-24-15-9-19(2)17-26(24)27(25(23)16-18,20-6-4-3-5-7-20)21-10-12-22(28)13-11-21/h3-17,28H,1-2H3. The average Bonchev–Trinajstić information content (AvgIpc) is 2.99. The molecule has 1 N–H and O–H groups in total. The molecular formula is C27H22O. The van der Waals surface area contributed by atoms with Gasteiger partial charge in [0.25, 0.3) is 0 Å². The van der Waals surface area contributed by atoms with Crippen LogP contribution in [-0.4, -0.2) is 5.11 Å². The van der Waals surface area contributed by atoms with Gasteiger partial charge in [-0.1, -0.05) is 90.0 Å². The van der Waals surface area contributed by atoms with E-state index in [1.165, 1.54) is 44.5 Å². The third kappa shape index (κ3) is 2.26. The number of fused-ring (bicyclic) bond motifs is 3. The Morgan fingerprint density at radius 2 is 1.07 bits per heavy atom. The van der Waals surface area contributed by atoms with Crippen LogP contribution >= 0.6 is 0 Å². The fourth-order valence-electron chi connectivity index (χ4n) is 4.74. The predicted octanol–water partition coefficient (Wildman–Crippen LogP) is 6.37. The lowest BCUT2D eigenvalue weighted by molar-refractivity contribution is 0.475. The molecule has 4 aromatic rings. The van der Waals surface area contributed by atoms with Gasteiger partial charge in [0.1, 0.15) is 5.75 Å². The van der Waals surface area contributed by atoms with Gasteiger partial charge in [0, 0.05) is 0 Å². The van der Waals surface area contributed by atoms with Gasteiger partial charge in [-0.05, 0) is 59.4 Å². The highest BCUT2D eigenvalue weighted by Crippen LogP contribution is 2.56. The number of hydrogen-bond donors (Lipinski definition) is 1. The minimum atomic E-state index is -0.391. The van der Waals surface area contributed by atoms with E-state index in [1.54, 1.807) is 12.1 Å². The zero-order valence-electron chi connectivity index (χ0n) is 16.1. The Kier molecular flexibility index (Phi) is 3.67. The highest BCUT2D eigenvalue weighted by atomic mass is 16.3. The summed E-state index contributed by atoms with van der Waals surface area (Å²) in [6.45, 7) is 4.31. The second-order valence-corrected chi connectivity index (χ2v) is 7.76. The molecule has 5 rings (SSSR count). The molecule has 0 heterocycles. The number of aromatic hydroxyl groups is 1. The largest absolute Gasteiger partial charge is 0.508 e. The van der Waals surface area contributed by atoms with Gasteiger partial charge < -0.3 is 5.11 Å². The first-order chi connectivity index (χ1) is 13.6. The molecule has 1 heteroatoms. The molecule has 1 nitrogen and oxygen atoms in total. The molecule has 136 valence electrons. The minimum absolute atomic E-state index is 0.291. The summed E-state index contributed by atoms with van der Waals surface area (Å²) in [6.07, 6.45) is 0. The molecule has 0 fully saturated rings. The normalized spacial score (nSPS) is 13.8. The fourth-order valence-corrected chi connectivity index (χ4v) is 4.74. The van der Waals surface area contributed by atoms with Gasteiger partial charge in [0.2, 0.25) is 0 Å². The second-order valence-electron chi connectivity index (χ2n) is 7.76. The minimum Gasteiger partial charge on any atom is -0.508 e. The SMILES string of the molecule is Cc1ccc2c(c1)C(c1ccccc1)(c1ccc(O)cc1)c1cc(C)ccc1-2. The Labute approximate surface area is 165 Å². The molecule has 28 heavy (non-hydrogen) atoms. The van der Waals surface area contributed by atoms with Crippen LogP contribution in [0.15, 0.2) is 91.0 Å². The van der Waals surface area contributed by atoms with E-state index in [4.69, 9.17) is 0 Å². The molecule has 0 radical (unpaired) electrons. The molecule has 0 amide bonds. The van der Waals surface area contributed by atoms with Crippen LogP contribution < -0.4 is 0 Å². The van der Waals surface area contributed by atoms with Gasteiger partial charge in [0.15, 0.2) is 0 Å². The molecule has 0 atom stereocenters. The van der Waals surface area contributed by atoms with E-state index in [9.17, 15) is 5.11 Å². The van der Waals surface area contributed by atoms with Gasteiger partial charge in [-0.15, -0.1) is 0 Å². The van der Waals surface area contributed by atoms with E-state index in [0.29, 0.717) is 5.75 Å². The van der Waals surface area contributed by atoms with Crippen molar-refractivity contribution in [2.75, 3.05) is 0 Å². The molecule has 0 saturated carbocycles. The lowest BCUT2D eigenvalue weighted by Crippen LogP contribution is -2.28. The topological polar surface area (TPSA) is 20.2 Å². The lowest BCUT2D eigenvalue weighted by atomic mass is 9.67. The first-order valence-electron chi connectivity index (χ1n) is 9.68. The first-order valence-corrected chi connectivity index (χ1v) is 9.68. The molecule has 1 aliphatic carbocycles. The van der Waals surface area contributed by atoms with Crippen LogP contribution in [0.2, 0.25) is 0 Å². The van der Waals surface area contributed by atoms with Crippen LogP contribution in [0.3, 0.4) is 0 Å². The van der Waals surface area contributed by atoms with E-state index >= 15 is 0 Å². The summed E-state index contributed by atoms with van der Waals surface area (Å²) in [7, 11) is 0. The summed E-state index contributed by atoms with van der Waals surface area (Å²) in [4.78, 5) is 0. The third-order valence-electron chi connectivity index (χ3n) is 5.96. The molecule has 0 aromatic heterocycles. The van der Waals surface area contributed by atoms with Crippen LogP contribution in [0, 0.1) is 13.8 Å². The number of rotatable bonds is 2. The monoisotopic (exact) mass is 362 g/mol. The zero-order valence-corrected chi connectivity index (χ0v) is 16.1. The van der Waals surface area contributed by atoms with Crippen LogP contribution in [0.1, 0.15) is 33.4 Å². The number of aryl methyl sites for hydroxylation is 2. The molecular weight excluding hydrogens is 340 g/mol. The number of phenolic OH excluding ortho intramolecular Hbond substituents is 1. The summed E-state index contributed by atoms with van der Waals surface area (Å²) in [6, 6.07) is 32.0. The number of hydrogen-bond acceptors (Lipinski definition) is 1. The van der Waals surface area contributed by atoms with Gasteiger partial charge in [-0.3, -0.25) is 0 Å². The van der Waals surface area contributed by atoms with Crippen LogP contribution in [0.5, 0.6) is 5.75 Å². The second kappa shape index (κ2) is 6.10. The van der Waals surface area contributed by atoms with Crippen molar-refractivity contribution in [3.63, 3.8) is 0 Å². The van der Waals surface area contributed by atoms with Crippen molar-refractivity contribution in [2.45, 2.75) is 19.3 Å². The summed E-state index contributed by atoms with van der Waals surface area (Å²) in [5.41, 5.74) is 9.73. The van der Waals surface area contributed by atoms with E-state index in [1.807, 2.05) is 0 Å². The van der Waals surface area contributed by atoms with Crippen molar-refractivity contribution in [1.82, 2.24) is 0 Å². The van der Waals surface area contributed by atoms with E-state index in [-0.39, 0.29) is 0 Å². The Morgan fingerprint density at radius 3 is 1.61 bits per heavy atom. The average molecular weight is 362 g/mol. The van der Waals surface area contributed by atoms with Gasteiger partial charge in [-0.25, -0.2) is 0 Å². The quantitative estimate of drug-likeness (QED) is 0.387. The van der Waals surface area contributed by atoms with Gasteiger partial charge >= 0.3 is 0 Å². The van der Waals surface area contributed by atoms with Crippen molar-refractivity contribution < 1.29 is 5.11 Å². The van der Waals surface area contributed by atoms with E-state index < -0.39 is 5.41 Å². The maximum atomic E-state index is 9.93. The van der Waals surface area contributed by atoms with Gasteiger partial charge in [-0.2, -0.15) is 0 Å². The highest BCUT2D eigenvalue weighted by molar-refractivity contribution is 5.86. The Bertz CT molecular complexity index is 1120. The van der Waals surface area contributed by atoms with Crippen LogP contribution in [0.25, 0.3) is 11.1 Å². The third-order valence-corrected chi connectivity index (χ3v) is 5.96. The summed E-state index contributed by atoms with van der Waals surface area (Å²) < 4.78 is 0. The van der Waals surface area contributed by atoms with Crippen molar-refractivity contribution >= 4 is 0 Å². The Morgan fingerprint density at radius 1 is 0.571 bits per heavy atom. The van der Waals surface area contributed by atoms with Crippen LogP contribution in [0.4, 0.5) is 0 Å². The summed E-state index contributed by atoms with van der Waals surface area (Å²) in [5, 5.41) is 9.93. The maximum Gasteiger partial charge on any atom is 0.115 e. The maximum absolute atomic E-state index is 9.93. The van der Waals surface area contributed by atoms with E-state index in [2.05, 4.69) is 92.7 Å². The molecule has 0 unspecified atom stereocenters. The Balaban J connectivity index is 1.98. The van der Waals surface area contributed by atoms with Crippen molar-refractivity contribution in [3.05, 3.63) is 124 Å². The highest BCUT2D eigenvalue weighted by Gasteiger charge is 2.46. The first kappa shape index (κ1) is 16.8. The fraction of sp³-hybridized carbons (Fsp3) is 0.111. The smallest absolute Gasteiger partial charge is 0.115 e. The summed E-state index contributed by atoms with van der Waals surface area (Å²) >= 11 is 0. The molecule has 0 bridgehead atoms. The molecule has 1 aliphatic rings.